The van der Waals surface area contributed by atoms with E-state index >= 15 is 0 Å². The van der Waals surface area contributed by atoms with Crippen LogP contribution in [0.25, 0.3) is 0 Å². The minimum atomic E-state index is -0.576. The Morgan fingerprint density at radius 3 is 2.24 bits per heavy atom. The van der Waals surface area contributed by atoms with Crippen molar-refractivity contribution in [2.45, 2.75) is 72.6 Å². The number of carbonyl (C=O) groups excluding carboxylic acids is 3. The van der Waals surface area contributed by atoms with Crippen LogP contribution in [0.2, 0.25) is 0 Å². The zero-order chi connectivity index (χ0) is 21.3. The van der Waals surface area contributed by atoms with Gasteiger partial charge in [0.2, 0.25) is 5.91 Å². The molecular formula is C25H35NO3. The number of nitrogens with zero attached hydrogens (tertiary/aromatic N) is 1. The predicted octanol–water partition coefficient (Wildman–Crippen LogP) is 4.53. The van der Waals surface area contributed by atoms with Crippen molar-refractivity contribution in [3.05, 3.63) is 34.4 Å². The van der Waals surface area contributed by atoms with Crippen molar-refractivity contribution in [3.63, 3.8) is 0 Å². The van der Waals surface area contributed by atoms with Gasteiger partial charge < -0.3 is 4.90 Å². The van der Waals surface area contributed by atoms with Crippen LogP contribution in [0.5, 0.6) is 0 Å². The minimum Gasteiger partial charge on any atom is -0.342 e. The molecule has 0 spiro atoms. The van der Waals surface area contributed by atoms with E-state index in [1.165, 1.54) is 0 Å². The molecule has 1 amide bonds. The zero-order valence-electron chi connectivity index (χ0n) is 18.6. The molecule has 1 saturated carbocycles. The highest BCUT2D eigenvalue weighted by Gasteiger charge is 2.44. The van der Waals surface area contributed by atoms with Crippen molar-refractivity contribution in [3.8, 4) is 0 Å². The van der Waals surface area contributed by atoms with E-state index < -0.39 is 5.92 Å². The highest BCUT2D eigenvalue weighted by molar-refractivity contribution is 6.15. The van der Waals surface area contributed by atoms with Crippen LogP contribution in [0, 0.1) is 38.5 Å². The van der Waals surface area contributed by atoms with Gasteiger partial charge in [0.15, 0.2) is 5.78 Å². The summed E-state index contributed by atoms with van der Waals surface area (Å²) < 4.78 is 0. The van der Waals surface area contributed by atoms with Crippen LogP contribution < -0.4 is 0 Å². The molecule has 1 aliphatic carbocycles. The second-order valence-corrected chi connectivity index (χ2v) is 9.33. The number of piperidine rings is 1. The first-order chi connectivity index (χ1) is 13.7. The van der Waals surface area contributed by atoms with E-state index in [0.29, 0.717) is 12.3 Å². The van der Waals surface area contributed by atoms with E-state index in [4.69, 9.17) is 0 Å². The highest BCUT2D eigenvalue weighted by atomic mass is 16.2. The van der Waals surface area contributed by atoms with Crippen molar-refractivity contribution in [1.82, 2.24) is 4.90 Å². The Hall–Kier alpha value is -1.97. The molecular weight excluding hydrogens is 362 g/mol. The lowest BCUT2D eigenvalue weighted by atomic mass is 9.83. The molecule has 0 aromatic heterocycles. The van der Waals surface area contributed by atoms with Crippen LogP contribution in [0.4, 0.5) is 0 Å². The quantitative estimate of drug-likeness (QED) is 0.686. The molecule has 0 N–H and O–H groups in total. The Bertz CT molecular complexity index is 781. The molecule has 0 radical (unpaired) electrons. The molecule has 2 fully saturated rings. The third-order valence-electron chi connectivity index (χ3n) is 7.06. The van der Waals surface area contributed by atoms with Crippen molar-refractivity contribution in [2.24, 2.45) is 17.8 Å². The fourth-order valence-corrected chi connectivity index (χ4v) is 5.28. The average molecular weight is 398 g/mol. The van der Waals surface area contributed by atoms with E-state index in [-0.39, 0.29) is 29.3 Å². The fourth-order valence-electron chi connectivity index (χ4n) is 5.28. The fraction of sp³-hybridized carbons (Fsp3) is 0.640. The molecule has 1 heterocycles. The third kappa shape index (κ3) is 4.46. The van der Waals surface area contributed by atoms with Gasteiger partial charge >= 0.3 is 0 Å². The Balaban J connectivity index is 1.64. The van der Waals surface area contributed by atoms with Gasteiger partial charge in [0, 0.05) is 31.3 Å². The molecule has 4 nitrogen and oxygen atoms in total. The summed E-state index contributed by atoms with van der Waals surface area (Å²) in [6.45, 7) is 11.7. The first-order valence-corrected chi connectivity index (χ1v) is 11.2. The SMILES string of the molecule is CCC(C)C(=O)N1CCC(CC2CC(=O)C(c3c(C)cc(C)cc3C)C2=O)CC1. The predicted molar refractivity (Wildman–Crippen MR) is 115 cm³/mol. The molecule has 4 heteroatoms. The highest BCUT2D eigenvalue weighted by Crippen LogP contribution is 2.40. The summed E-state index contributed by atoms with van der Waals surface area (Å²) in [5.41, 5.74) is 4.19. The summed E-state index contributed by atoms with van der Waals surface area (Å²) in [6.07, 6.45) is 3.91. The molecule has 2 aliphatic rings. The lowest BCUT2D eigenvalue weighted by Gasteiger charge is -2.34. The number of carbonyl (C=O) groups is 3. The van der Waals surface area contributed by atoms with Crippen LogP contribution in [-0.2, 0) is 14.4 Å². The van der Waals surface area contributed by atoms with E-state index in [1.54, 1.807) is 0 Å². The Morgan fingerprint density at radius 2 is 1.69 bits per heavy atom. The first-order valence-electron chi connectivity index (χ1n) is 11.2. The van der Waals surface area contributed by atoms with Gasteiger partial charge in [0.05, 0.1) is 0 Å². The number of hydrogen-bond acceptors (Lipinski definition) is 3. The van der Waals surface area contributed by atoms with Gasteiger partial charge in [-0.15, -0.1) is 0 Å². The van der Waals surface area contributed by atoms with Gasteiger partial charge in [-0.1, -0.05) is 31.5 Å². The minimum absolute atomic E-state index is 0.0828. The molecule has 3 unspecified atom stereocenters. The number of Topliss-reactive ketones (excluding diaryl/α,β-unsaturated/α-hetero) is 2. The maximum Gasteiger partial charge on any atom is 0.225 e. The summed E-state index contributed by atoms with van der Waals surface area (Å²) in [5, 5.41) is 0. The number of hydrogen-bond donors (Lipinski definition) is 0. The maximum atomic E-state index is 13.2. The Labute approximate surface area is 175 Å². The Morgan fingerprint density at radius 1 is 1.10 bits per heavy atom. The van der Waals surface area contributed by atoms with Gasteiger partial charge in [-0.2, -0.15) is 0 Å². The topological polar surface area (TPSA) is 54.5 Å². The normalized spacial score (nSPS) is 24.2. The molecule has 1 saturated heterocycles. The van der Waals surface area contributed by atoms with Gasteiger partial charge in [0.25, 0.3) is 0 Å². The van der Waals surface area contributed by atoms with Crippen LogP contribution in [0.15, 0.2) is 12.1 Å². The lowest BCUT2D eigenvalue weighted by Crippen LogP contribution is -2.41. The average Bonchev–Trinajstić information content (AvgIpc) is 2.94. The monoisotopic (exact) mass is 397 g/mol. The smallest absolute Gasteiger partial charge is 0.225 e. The molecule has 0 bridgehead atoms. The summed E-state index contributed by atoms with van der Waals surface area (Å²) in [6, 6.07) is 4.14. The number of ketones is 2. The van der Waals surface area contributed by atoms with Gasteiger partial charge in [-0.25, -0.2) is 0 Å². The van der Waals surface area contributed by atoms with Crippen molar-refractivity contribution in [2.75, 3.05) is 13.1 Å². The van der Waals surface area contributed by atoms with Crippen molar-refractivity contribution < 1.29 is 14.4 Å². The molecule has 3 rings (SSSR count). The number of benzene rings is 1. The van der Waals surface area contributed by atoms with Crippen LogP contribution in [0.1, 0.15) is 74.1 Å². The third-order valence-corrected chi connectivity index (χ3v) is 7.06. The van der Waals surface area contributed by atoms with E-state index in [9.17, 15) is 14.4 Å². The summed E-state index contributed by atoms with van der Waals surface area (Å²) in [7, 11) is 0. The van der Waals surface area contributed by atoms with Crippen LogP contribution in [-0.4, -0.2) is 35.5 Å². The zero-order valence-corrected chi connectivity index (χ0v) is 18.6. The van der Waals surface area contributed by atoms with Crippen LogP contribution in [0.3, 0.4) is 0 Å². The molecule has 3 atom stereocenters. The molecule has 1 aromatic rings. The first kappa shape index (κ1) is 21.7. The number of likely N-dealkylation sites (tertiary alicyclic amines) is 1. The van der Waals surface area contributed by atoms with Crippen molar-refractivity contribution >= 4 is 17.5 Å². The number of rotatable bonds is 5. The molecule has 29 heavy (non-hydrogen) atoms. The van der Waals surface area contributed by atoms with Crippen LogP contribution >= 0.6 is 0 Å². The summed E-state index contributed by atoms with van der Waals surface area (Å²) in [4.78, 5) is 40.4. The molecule has 1 aliphatic heterocycles. The van der Waals surface area contributed by atoms with E-state index in [1.807, 2.05) is 39.5 Å². The standard InChI is InChI=1S/C25H35NO3/c1-6-16(3)25(29)26-9-7-19(8-10-26)13-20-14-21(27)23(24(20)28)22-17(4)11-15(2)12-18(22)5/h11-12,16,19-20,23H,6-10,13-14H2,1-5H3. The van der Waals surface area contributed by atoms with Gasteiger partial charge in [-0.05, 0) is 69.1 Å². The van der Waals surface area contributed by atoms with E-state index in [2.05, 4.69) is 12.1 Å². The van der Waals surface area contributed by atoms with Crippen molar-refractivity contribution in [1.29, 1.82) is 0 Å². The van der Waals surface area contributed by atoms with E-state index in [0.717, 1.165) is 61.0 Å². The lowest BCUT2D eigenvalue weighted by molar-refractivity contribution is -0.136. The molecule has 158 valence electrons. The number of aryl methyl sites for hydroxylation is 3. The maximum absolute atomic E-state index is 13.2. The van der Waals surface area contributed by atoms with Gasteiger partial charge in [0.1, 0.15) is 11.7 Å². The number of amides is 1. The van der Waals surface area contributed by atoms with Gasteiger partial charge in [-0.3, -0.25) is 14.4 Å². The summed E-state index contributed by atoms with van der Waals surface area (Å²) >= 11 is 0. The second-order valence-electron chi connectivity index (χ2n) is 9.33. The Kier molecular flexibility index (Phi) is 6.60. The molecule has 1 aromatic carbocycles. The summed E-state index contributed by atoms with van der Waals surface area (Å²) in [5.74, 6) is 0.229. The second kappa shape index (κ2) is 8.81. The largest absolute Gasteiger partial charge is 0.342 e.